The molecule has 3 heterocycles. The highest BCUT2D eigenvalue weighted by Crippen LogP contribution is 2.19. The zero-order valence-electron chi connectivity index (χ0n) is 14.8. The van der Waals surface area contributed by atoms with Crippen molar-refractivity contribution in [2.75, 3.05) is 32.7 Å². The molecule has 1 N–H and O–H groups in total. The molecule has 0 aromatic carbocycles. The summed E-state index contributed by atoms with van der Waals surface area (Å²) >= 11 is 1.76. The zero-order valence-corrected chi connectivity index (χ0v) is 17.9. The molecule has 1 unspecified atom stereocenters. The minimum Gasteiger partial charge on any atom is -0.357 e. The Morgan fingerprint density at radius 3 is 2.75 bits per heavy atom. The largest absolute Gasteiger partial charge is 0.357 e. The lowest BCUT2D eigenvalue weighted by Gasteiger charge is -2.25. The van der Waals surface area contributed by atoms with Crippen molar-refractivity contribution in [1.29, 1.82) is 0 Å². The summed E-state index contributed by atoms with van der Waals surface area (Å²) in [4.78, 5) is 15.7. The van der Waals surface area contributed by atoms with Gasteiger partial charge < -0.3 is 10.2 Å². The Kier molecular flexibility index (Phi) is 7.49. The minimum absolute atomic E-state index is 0. The molecule has 1 aromatic rings. The number of likely N-dealkylation sites (tertiary alicyclic amines) is 1. The SMILES string of the molecule is CCNC(=NCc1nc(C)c(C)s1)N1CCC(N2CC=CC2)C1.I. The molecule has 5 nitrogen and oxygen atoms in total. The van der Waals surface area contributed by atoms with Crippen molar-refractivity contribution in [3.8, 4) is 0 Å². The number of hydrogen-bond donors (Lipinski definition) is 1. The zero-order chi connectivity index (χ0) is 16.2. The Hall–Kier alpha value is -0.670. The molecule has 0 bridgehead atoms. The highest BCUT2D eigenvalue weighted by atomic mass is 127. The maximum absolute atomic E-state index is 4.83. The highest BCUT2D eigenvalue weighted by Gasteiger charge is 2.29. The summed E-state index contributed by atoms with van der Waals surface area (Å²) in [5.74, 6) is 1.03. The average Bonchev–Trinajstić information content (AvgIpc) is 3.25. The highest BCUT2D eigenvalue weighted by molar-refractivity contribution is 14.0. The number of halogens is 1. The first-order valence-corrected chi connectivity index (χ1v) is 9.34. The first-order valence-electron chi connectivity index (χ1n) is 8.52. The molecule has 1 saturated heterocycles. The molecule has 1 fully saturated rings. The molecule has 0 amide bonds. The first-order chi connectivity index (χ1) is 11.2. The van der Waals surface area contributed by atoms with Gasteiger partial charge in [-0.25, -0.2) is 9.98 Å². The summed E-state index contributed by atoms with van der Waals surface area (Å²) in [5.41, 5.74) is 1.13. The lowest BCUT2D eigenvalue weighted by atomic mass is 10.2. The van der Waals surface area contributed by atoms with Crippen LogP contribution < -0.4 is 5.32 Å². The van der Waals surface area contributed by atoms with Crippen LogP contribution in [0.5, 0.6) is 0 Å². The van der Waals surface area contributed by atoms with E-state index in [0.717, 1.165) is 49.4 Å². The van der Waals surface area contributed by atoms with Gasteiger partial charge in [-0.05, 0) is 27.2 Å². The standard InChI is InChI=1S/C17H27N5S.HI/c1-4-18-17(19-11-16-20-13(2)14(3)23-16)22-10-7-15(12-22)21-8-5-6-9-21;/h5-6,15H,4,7-12H2,1-3H3,(H,18,19);1H. The van der Waals surface area contributed by atoms with Gasteiger partial charge in [-0.1, -0.05) is 12.2 Å². The molecule has 7 heteroatoms. The molecule has 2 aliphatic rings. The Labute approximate surface area is 166 Å². The molecular weight excluding hydrogens is 433 g/mol. The second kappa shape index (κ2) is 9.15. The summed E-state index contributed by atoms with van der Waals surface area (Å²) in [6.45, 7) is 12.3. The normalized spacial score (nSPS) is 21.4. The number of aryl methyl sites for hydroxylation is 2. The molecule has 3 rings (SSSR count). The van der Waals surface area contributed by atoms with Gasteiger partial charge in [-0.15, -0.1) is 35.3 Å². The smallest absolute Gasteiger partial charge is 0.194 e. The second-order valence-corrected chi connectivity index (χ2v) is 7.52. The van der Waals surface area contributed by atoms with Crippen LogP contribution in [-0.4, -0.2) is 59.5 Å². The third-order valence-electron chi connectivity index (χ3n) is 4.60. The number of nitrogens with one attached hydrogen (secondary N) is 1. The number of aliphatic imine (C=N–C) groups is 1. The Bertz CT molecular complexity index is 570. The molecule has 1 aromatic heterocycles. The molecule has 0 aliphatic carbocycles. The topological polar surface area (TPSA) is 43.8 Å². The Morgan fingerprint density at radius 2 is 2.12 bits per heavy atom. The van der Waals surface area contributed by atoms with E-state index in [2.05, 4.69) is 53.0 Å². The van der Waals surface area contributed by atoms with E-state index in [1.807, 2.05) is 0 Å². The molecule has 0 radical (unpaired) electrons. The lowest BCUT2D eigenvalue weighted by Crippen LogP contribution is -2.42. The van der Waals surface area contributed by atoms with Crippen molar-refractivity contribution in [2.45, 2.75) is 39.8 Å². The Morgan fingerprint density at radius 1 is 1.38 bits per heavy atom. The van der Waals surface area contributed by atoms with Gasteiger partial charge >= 0.3 is 0 Å². The van der Waals surface area contributed by atoms with Gasteiger partial charge in [0.25, 0.3) is 0 Å². The van der Waals surface area contributed by atoms with Crippen LogP contribution in [-0.2, 0) is 6.54 Å². The van der Waals surface area contributed by atoms with Crippen LogP contribution in [0.4, 0.5) is 0 Å². The maximum atomic E-state index is 4.83. The van der Waals surface area contributed by atoms with Gasteiger partial charge in [-0.2, -0.15) is 0 Å². The quantitative estimate of drug-likeness (QED) is 0.324. The van der Waals surface area contributed by atoms with Crippen molar-refractivity contribution in [3.63, 3.8) is 0 Å². The fraction of sp³-hybridized carbons (Fsp3) is 0.647. The third kappa shape index (κ3) is 4.70. The molecule has 134 valence electrons. The number of guanidine groups is 1. The van der Waals surface area contributed by atoms with Crippen LogP contribution in [0.25, 0.3) is 0 Å². The van der Waals surface area contributed by atoms with Crippen molar-refractivity contribution in [1.82, 2.24) is 20.1 Å². The van der Waals surface area contributed by atoms with Crippen LogP contribution in [0, 0.1) is 13.8 Å². The van der Waals surface area contributed by atoms with E-state index in [9.17, 15) is 0 Å². The first kappa shape index (κ1) is 19.7. The van der Waals surface area contributed by atoms with Gasteiger partial charge in [0, 0.05) is 43.6 Å². The number of hydrogen-bond acceptors (Lipinski definition) is 4. The summed E-state index contributed by atoms with van der Waals surface area (Å²) in [6.07, 6.45) is 5.77. The summed E-state index contributed by atoms with van der Waals surface area (Å²) in [5, 5.41) is 4.55. The van der Waals surface area contributed by atoms with Crippen LogP contribution in [0.2, 0.25) is 0 Å². The van der Waals surface area contributed by atoms with Gasteiger partial charge in [0.1, 0.15) is 5.01 Å². The fourth-order valence-corrected chi connectivity index (χ4v) is 4.06. The van der Waals surface area contributed by atoms with Crippen molar-refractivity contribution in [2.24, 2.45) is 4.99 Å². The summed E-state index contributed by atoms with van der Waals surface area (Å²) < 4.78 is 0. The molecular formula is C17H28IN5S. The van der Waals surface area contributed by atoms with Gasteiger partial charge in [0.05, 0.1) is 12.2 Å². The maximum Gasteiger partial charge on any atom is 0.194 e. The van der Waals surface area contributed by atoms with E-state index in [-0.39, 0.29) is 24.0 Å². The van der Waals surface area contributed by atoms with Gasteiger partial charge in [0.15, 0.2) is 5.96 Å². The number of aromatic nitrogens is 1. The molecule has 24 heavy (non-hydrogen) atoms. The van der Waals surface area contributed by atoms with E-state index in [4.69, 9.17) is 4.99 Å². The summed E-state index contributed by atoms with van der Waals surface area (Å²) in [6, 6.07) is 0.651. The van der Waals surface area contributed by atoms with Crippen LogP contribution in [0.1, 0.15) is 28.9 Å². The average molecular weight is 461 g/mol. The van der Waals surface area contributed by atoms with E-state index in [0.29, 0.717) is 12.6 Å². The second-order valence-electron chi connectivity index (χ2n) is 6.23. The van der Waals surface area contributed by atoms with Crippen LogP contribution >= 0.6 is 35.3 Å². The predicted molar refractivity (Wildman–Crippen MR) is 113 cm³/mol. The summed E-state index contributed by atoms with van der Waals surface area (Å²) in [7, 11) is 0. The molecule has 1 atom stereocenters. The lowest BCUT2D eigenvalue weighted by molar-refractivity contribution is 0.259. The third-order valence-corrected chi connectivity index (χ3v) is 5.66. The molecule has 0 spiro atoms. The fourth-order valence-electron chi connectivity index (χ4n) is 3.20. The van der Waals surface area contributed by atoms with E-state index >= 15 is 0 Å². The molecule has 2 aliphatic heterocycles. The van der Waals surface area contributed by atoms with Gasteiger partial charge in [0.2, 0.25) is 0 Å². The van der Waals surface area contributed by atoms with Crippen molar-refractivity contribution >= 4 is 41.3 Å². The number of rotatable bonds is 4. The van der Waals surface area contributed by atoms with Gasteiger partial charge in [-0.3, -0.25) is 4.90 Å². The van der Waals surface area contributed by atoms with Crippen LogP contribution in [0.3, 0.4) is 0 Å². The van der Waals surface area contributed by atoms with E-state index in [1.54, 1.807) is 11.3 Å². The molecule has 0 saturated carbocycles. The predicted octanol–water partition coefficient (Wildman–Crippen LogP) is 2.79. The van der Waals surface area contributed by atoms with E-state index < -0.39 is 0 Å². The van der Waals surface area contributed by atoms with Crippen molar-refractivity contribution < 1.29 is 0 Å². The van der Waals surface area contributed by atoms with E-state index in [1.165, 1.54) is 11.3 Å². The minimum atomic E-state index is 0. The number of nitrogens with zero attached hydrogens (tertiary/aromatic N) is 4. The Balaban J connectivity index is 0.00000208. The van der Waals surface area contributed by atoms with Crippen molar-refractivity contribution in [3.05, 3.63) is 27.7 Å². The monoisotopic (exact) mass is 461 g/mol. The number of thiazole rings is 1. The van der Waals surface area contributed by atoms with Crippen LogP contribution in [0.15, 0.2) is 17.1 Å².